The van der Waals surface area contributed by atoms with Crippen LogP contribution >= 0.6 is 7.82 Å². The van der Waals surface area contributed by atoms with E-state index < -0.39 is 81.2 Å². The zero-order valence-electron chi connectivity index (χ0n) is 21.7. The molecular formula is C22H35N2O12P. The number of hydrogen-bond donors (Lipinski definition) is 3. The largest absolute Gasteiger partial charge is 0.480 e. The molecule has 0 aliphatic carbocycles. The summed E-state index contributed by atoms with van der Waals surface area (Å²) >= 11 is 0. The average Bonchev–Trinajstić information content (AvgIpc) is 3.05. The third kappa shape index (κ3) is 8.60. The normalized spacial score (nSPS) is 24.7. The summed E-state index contributed by atoms with van der Waals surface area (Å²) in [4.78, 5) is 36.7. The molecule has 0 aromatic heterocycles. The predicted molar refractivity (Wildman–Crippen MR) is 125 cm³/mol. The Morgan fingerprint density at radius 1 is 1.03 bits per heavy atom. The molecular weight excluding hydrogens is 515 g/mol. The van der Waals surface area contributed by atoms with Gasteiger partial charge in [-0.05, 0) is 41.5 Å². The maximum atomic E-state index is 13.2. The molecule has 2 aliphatic rings. The first-order chi connectivity index (χ1) is 16.9. The van der Waals surface area contributed by atoms with Crippen molar-refractivity contribution in [3.63, 3.8) is 0 Å². The van der Waals surface area contributed by atoms with Gasteiger partial charge in [-0.2, -0.15) is 0 Å². The fourth-order valence-electron chi connectivity index (χ4n) is 2.82. The predicted octanol–water partition coefficient (Wildman–Crippen LogP) is 1.10. The van der Waals surface area contributed by atoms with E-state index in [2.05, 4.69) is 11.9 Å². The van der Waals surface area contributed by atoms with Crippen LogP contribution in [0.4, 0.5) is 0 Å². The second-order valence-corrected chi connectivity index (χ2v) is 12.0. The Hall–Kier alpha value is -2.32. The van der Waals surface area contributed by atoms with E-state index in [4.69, 9.17) is 27.8 Å². The molecule has 3 N–H and O–H groups in total. The third-order valence-electron chi connectivity index (χ3n) is 5.00. The van der Waals surface area contributed by atoms with Crippen molar-refractivity contribution in [3.8, 4) is 0 Å². The number of esters is 2. The molecule has 2 rings (SSSR count). The molecule has 0 spiro atoms. The number of nitrogens with zero attached hydrogens (tertiary/aromatic N) is 1. The third-order valence-corrected chi connectivity index (χ3v) is 6.31. The van der Waals surface area contributed by atoms with Crippen molar-refractivity contribution in [1.82, 2.24) is 10.2 Å². The smallest absolute Gasteiger partial charge is 0.437 e. The number of phosphoric ester groups is 1. The van der Waals surface area contributed by atoms with Crippen molar-refractivity contribution in [1.29, 1.82) is 0 Å². The van der Waals surface area contributed by atoms with Crippen molar-refractivity contribution in [3.05, 3.63) is 24.7 Å². The zero-order chi connectivity index (χ0) is 28.2. The number of phosphoric acid groups is 1. The van der Waals surface area contributed by atoms with E-state index in [0.717, 1.165) is 0 Å². The van der Waals surface area contributed by atoms with Crippen LogP contribution in [-0.4, -0.2) is 77.7 Å². The molecule has 15 heteroatoms. The molecule has 210 valence electrons. The zero-order valence-corrected chi connectivity index (χ0v) is 22.6. The number of rotatable bonds is 10. The van der Waals surface area contributed by atoms with Gasteiger partial charge in [0, 0.05) is 12.3 Å². The van der Waals surface area contributed by atoms with E-state index in [1.165, 1.54) is 17.2 Å². The van der Waals surface area contributed by atoms with Crippen LogP contribution in [0, 0.1) is 10.8 Å². The molecule has 1 fully saturated rings. The van der Waals surface area contributed by atoms with Gasteiger partial charge in [-0.15, -0.1) is 0 Å². The lowest BCUT2D eigenvalue weighted by Gasteiger charge is -2.32. The summed E-state index contributed by atoms with van der Waals surface area (Å²) in [6.07, 6.45) is -2.87. The van der Waals surface area contributed by atoms with Gasteiger partial charge in [0.2, 0.25) is 13.6 Å². The van der Waals surface area contributed by atoms with E-state index in [1.54, 1.807) is 41.5 Å². The molecule has 1 amide bonds. The first-order valence-corrected chi connectivity index (χ1v) is 12.8. The van der Waals surface area contributed by atoms with E-state index in [1.807, 2.05) is 0 Å². The number of aliphatic hydroxyl groups excluding tert-OH is 2. The van der Waals surface area contributed by atoms with Gasteiger partial charge in [-0.25, -0.2) is 13.6 Å². The summed E-state index contributed by atoms with van der Waals surface area (Å²) in [6, 6.07) is 0. The van der Waals surface area contributed by atoms with Crippen LogP contribution in [0.5, 0.6) is 0 Å². The Labute approximate surface area is 215 Å². The highest BCUT2D eigenvalue weighted by molar-refractivity contribution is 7.48. The molecule has 0 radical (unpaired) electrons. The minimum absolute atomic E-state index is 0.101. The van der Waals surface area contributed by atoms with Crippen LogP contribution in [0.1, 0.15) is 41.5 Å². The van der Waals surface area contributed by atoms with Gasteiger partial charge in [-0.3, -0.25) is 18.9 Å². The molecule has 1 saturated heterocycles. The number of carbonyl (C=O) groups is 3. The number of hydrogen-bond acceptors (Lipinski definition) is 13. The van der Waals surface area contributed by atoms with Gasteiger partial charge >= 0.3 is 19.8 Å². The molecule has 0 saturated carbocycles. The maximum absolute atomic E-state index is 13.2. The Morgan fingerprint density at radius 3 is 2.00 bits per heavy atom. The molecule has 2 aliphatic heterocycles. The molecule has 14 nitrogen and oxygen atoms in total. The molecule has 2 heterocycles. The summed E-state index contributed by atoms with van der Waals surface area (Å²) in [7, 11) is -4.54. The average molecular weight is 550 g/mol. The van der Waals surface area contributed by atoms with Gasteiger partial charge in [0.25, 0.3) is 5.91 Å². The second-order valence-electron chi connectivity index (χ2n) is 10.3. The highest BCUT2D eigenvalue weighted by Gasteiger charge is 2.47. The first kappa shape index (κ1) is 30.9. The van der Waals surface area contributed by atoms with Gasteiger partial charge in [0.05, 0.1) is 17.4 Å². The van der Waals surface area contributed by atoms with Crippen molar-refractivity contribution in [2.45, 2.75) is 66.1 Å². The number of aliphatic hydroxyl groups is 2. The van der Waals surface area contributed by atoms with E-state index in [-0.39, 0.29) is 5.82 Å². The lowest BCUT2D eigenvalue weighted by atomic mass is 9.98. The van der Waals surface area contributed by atoms with Gasteiger partial charge < -0.3 is 34.6 Å². The van der Waals surface area contributed by atoms with Crippen LogP contribution in [0.2, 0.25) is 0 Å². The first-order valence-electron chi connectivity index (χ1n) is 11.3. The summed E-state index contributed by atoms with van der Waals surface area (Å²) in [5, 5.41) is 23.3. The Balaban J connectivity index is 2.05. The molecule has 0 aromatic rings. The minimum atomic E-state index is -4.54. The monoisotopic (exact) mass is 550 g/mol. The minimum Gasteiger partial charge on any atom is -0.437 e. The molecule has 0 aromatic carbocycles. The van der Waals surface area contributed by atoms with Crippen molar-refractivity contribution in [2.24, 2.45) is 10.8 Å². The topological polar surface area (TPSA) is 179 Å². The lowest BCUT2D eigenvalue weighted by molar-refractivity contribution is -0.163. The summed E-state index contributed by atoms with van der Waals surface area (Å²) in [6.45, 7) is 11.1. The van der Waals surface area contributed by atoms with E-state index in [0.29, 0.717) is 0 Å². The van der Waals surface area contributed by atoms with Crippen LogP contribution in [-0.2, 0) is 46.7 Å². The molecule has 0 bridgehead atoms. The number of carbonyl (C=O) groups excluding carboxylic acids is 3. The highest BCUT2D eigenvalue weighted by Crippen LogP contribution is 2.50. The fraction of sp³-hybridized carbons (Fsp3) is 0.682. The summed E-state index contributed by atoms with van der Waals surface area (Å²) in [5.41, 5.74) is -1.73. The Morgan fingerprint density at radius 2 is 1.54 bits per heavy atom. The van der Waals surface area contributed by atoms with Crippen molar-refractivity contribution < 1.29 is 56.9 Å². The molecule has 1 unspecified atom stereocenters. The number of ether oxygens (including phenoxy) is 3. The quantitative estimate of drug-likeness (QED) is 0.200. The summed E-state index contributed by atoms with van der Waals surface area (Å²) < 4.78 is 44.0. The summed E-state index contributed by atoms with van der Waals surface area (Å²) in [5.74, 6) is -1.63. The maximum Gasteiger partial charge on any atom is 0.480 e. The number of nitrogens with one attached hydrogen (secondary N) is 1. The lowest BCUT2D eigenvalue weighted by Crippen LogP contribution is -2.46. The number of amides is 1. The van der Waals surface area contributed by atoms with Crippen molar-refractivity contribution >= 4 is 25.7 Å². The van der Waals surface area contributed by atoms with Gasteiger partial charge in [-0.1, -0.05) is 6.58 Å². The van der Waals surface area contributed by atoms with Crippen LogP contribution in [0.25, 0.3) is 0 Å². The second kappa shape index (κ2) is 12.0. The van der Waals surface area contributed by atoms with Crippen molar-refractivity contribution in [2.75, 3.05) is 20.2 Å². The fourth-order valence-corrected chi connectivity index (χ4v) is 3.74. The van der Waals surface area contributed by atoms with Gasteiger partial charge in [0.15, 0.2) is 6.23 Å². The van der Waals surface area contributed by atoms with E-state index in [9.17, 15) is 29.2 Å². The SMILES string of the molecule is C=C1NC(=O)C=CN1[C@@H]1O[C@H](COP(=O)(OCOC(=O)C(C)(C)C)OCOC(=O)C(C)(C)C)[C@H](O)C1O. The Bertz CT molecular complexity index is 918. The standard InChI is InChI=1S/C22H35N2O12P/c1-13-23-15(25)8-9-24(13)18-17(27)16(26)14(36-18)10-33-37(30,34-11-31-19(28)21(2,3)4)35-12-32-20(29)22(5,6)7/h8-9,14,16-18,26-27H,1,10-12H2,2-7H3,(H,23,25)/t14-,16+,17?,18-/m1/s1. The Kier molecular flexibility index (Phi) is 10.0. The molecule has 4 atom stereocenters. The molecule has 37 heavy (non-hydrogen) atoms. The van der Waals surface area contributed by atoms with Crippen LogP contribution < -0.4 is 5.32 Å². The van der Waals surface area contributed by atoms with Crippen LogP contribution in [0.3, 0.4) is 0 Å². The van der Waals surface area contributed by atoms with E-state index >= 15 is 0 Å². The van der Waals surface area contributed by atoms with Gasteiger partial charge in [0.1, 0.15) is 24.1 Å². The van der Waals surface area contributed by atoms with Crippen LogP contribution in [0.15, 0.2) is 24.7 Å². The highest BCUT2D eigenvalue weighted by atomic mass is 31.2.